The van der Waals surface area contributed by atoms with Crippen LogP contribution in [-0.2, 0) is 18.3 Å². The molecule has 0 saturated carbocycles. The van der Waals surface area contributed by atoms with Gasteiger partial charge >= 0.3 is 0 Å². The van der Waals surface area contributed by atoms with Crippen molar-refractivity contribution in [1.29, 1.82) is 0 Å². The number of ether oxygens (including phenoxy) is 1. The molecule has 114 valence electrons. The third-order valence-corrected chi connectivity index (χ3v) is 4.49. The number of nitrogens with zero attached hydrogens (tertiary/aromatic N) is 2. The molecule has 1 N–H and O–H groups in total. The summed E-state index contributed by atoms with van der Waals surface area (Å²) < 4.78 is 6.96. The molecule has 2 rings (SSSR count). The molecule has 0 bridgehead atoms. The summed E-state index contributed by atoms with van der Waals surface area (Å²) in [5.41, 5.74) is 3.65. The van der Waals surface area contributed by atoms with Crippen molar-refractivity contribution in [2.24, 2.45) is 7.05 Å². The van der Waals surface area contributed by atoms with Crippen molar-refractivity contribution in [1.82, 2.24) is 15.1 Å². The largest absolute Gasteiger partial charge is 0.383 e. The zero-order valence-corrected chi connectivity index (χ0v) is 14.0. The van der Waals surface area contributed by atoms with E-state index in [9.17, 15) is 0 Å². The summed E-state index contributed by atoms with van der Waals surface area (Å²) in [5.74, 6) is 0. The minimum Gasteiger partial charge on any atom is -0.383 e. The van der Waals surface area contributed by atoms with Gasteiger partial charge in [0, 0.05) is 32.1 Å². The predicted octanol–water partition coefficient (Wildman–Crippen LogP) is 2.92. The maximum absolute atomic E-state index is 5.03. The smallest absolute Gasteiger partial charge is 0.0987 e. The number of hydrogen-bond donors (Lipinski definition) is 1. The van der Waals surface area contributed by atoms with Crippen LogP contribution in [0.4, 0.5) is 0 Å². The summed E-state index contributed by atoms with van der Waals surface area (Å²) >= 11 is 1.76. The fraction of sp³-hybridized carbons (Fsp3) is 0.438. The fourth-order valence-electron chi connectivity index (χ4n) is 2.14. The van der Waals surface area contributed by atoms with E-state index in [1.807, 2.05) is 18.7 Å². The van der Waals surface area contributed by atoms with E-state index in [1.54, 1.807) is 18.9 Å². The normalized spacial score (nSPS) is 11.0. The van der Waals surface area contributed by atoms with Crippen LogP contribution in [0.25, 0.3) is 0 Å². The zero-order chi connectivity index (χ0) is 15.2. The second-order valence-electron chi connectivity index (χ2n) is 5.12. The highest BCUT2D eigenvalue weighted by molar-refractivity contribution is 7.99. The van der Waals surface area contributed by atoms with E-state index >= 15 is 0 Å². The number of rotatable bonds is 7. The highest BCUT2D eigenvalue weighted by atomic mass is 32.2. The molecule has 0 aliphatic rings. The van der Waals surface area contributed by atoms with Crippen LogP contribution < -0.4 is 5.32 Å². The van der Waals surface area contributed by atoms with Gasteiger partial charge in [-0.05, 0) is 37.1 Å². The Hall–Kier alpha value is -1.30. The van der Waals surface area contributed by atoms with Crippen molar-refractivity contribution in [3.8, 4) is 0 Å². The summed E-state index contributed by atoms with van der Waals surface area (Å²) in [6, 6.07) is 8.73. The van der Waals surface area contributed by atoms with Gasteiger partial charge in [-0.1, -0.05) is 23.9 Å². The molecule has 1 heterocycles. The second-order valence-corrected chi connectivity index (χ2v) is 6.18. The SMILES string of the molecule is COCCNCc1ccc(Sc2cc(C)nn2C)c(C)c1. The zero-order valence-electron chi connectivity index (χ0n) is 13.1. The third-order valence-electron chi connectivity index (χ3n) is 3.23. The van der Waals surface area contributed by atoms with Gasteiger partial charge in [-0.15, -0.1) is 0 Å². The third kappa shape index (κ3) is 4.59. The van der Waals surface area contributed by atoms with Gasteiger partial charge in [0.15, 0.2) is 0 Å². The maximum atomic E-state index is 5.03. The monoisotopic (exact) mass is 305 g/mol. The molecule has 0 amide bonds. The topological polar surface area (TPSA) is 39.1 Å². The highest BCUT2D eigenvalue weighted by Crippen LogP contribution is 2.30. The molecule has 0 aliphatic heterocycles. The van der Waals surface area contributed by atoms with Gasteiger partial charge in [0.25, 0.3) is 0 Å². The molecule has 0 fully saturated rings. The van der Waals surface area contributed by atoms with Crippen molar-refractivity contribution < 1.29 is 4.74 Å². The number of aryl methyl sites for hydroxylation is 3. The Morgan fingerprint density at radius 1 is 1.29 bits per heavy atom. The first kappa shape index (κ1) is 16.1. The Bertz CT molecular complexity index is 595. The van der Waals surface area contributed by atoms with Crippen LogP contribution >= 0.6 is 11.8 Å². The quantitative estimate of drug-likeness (QED) is 0.798. The first-order valence-electron chi connectivity index (χ1n) is 7.08. The summed E-state index contributed by atoms with van der Waals surface area (Å²) in [4.78, 5) is 1.28. The van der Waals surface area contributed by atoms with E-state index in [0.717, 1.165) is 25.4 Å². The Kier molecular flexibility index (Phi) is 5.85. The van der Waals surface area contributed by atoms with Gasteiger partial charge in [-0.3, -0.25) is 4.68 Å². The number of benzene rings is 1. The lowest BCUT2D eigenvalue weighted by Crippen LogP contribution is -2.18. The summed E-state index contributed by atoms with van der Waals surface area (Å²) in [7, 11) is 3.71. The predicted molar refractivity (Wildman–Crippen MR) is 86.8 cm³/mol. The molecule has 21 heavy (non-hydrogen) atoms. The summed E-state index contributed by atoms with van der Waals surface area (Å²) in [6.07, 6.45) is 0. The lowest BCUT2D eigenvalue weighted by Gasteiger charge is -2.09. The maximum Gasteiger partial charge on any atom is 0.0987 e. The average molecular weight is 305 g/mol. The van der Waals surface area contributed by atoms with Crippen LogP contribution in [0.2, 0.25) is 0 Å². The number of aromatic nitrogens is 2. The van der Waals surface area contributed by atoms with Gasteiger partial charge in [-0.2, -0.15) is 5.10 Å². The first-order chi connectivity index (χ1) is 10.1. The number of methoxy groups -OCH3 is 1. The molecule has 1 aromatic heterocycles. The van der Waals surface area contributed by atoms with E-state index in [1.165, 1.54) is 21.0 Å². The van der Waals surface area contributed by atoms with Crippen molar-refractivity contribution in [3.05, 3.63) is 41.1 Å². The molecule has 0 atom stereocenters. The molecule has 4 nitrogen and oxygen atoms in total. The van der Waals surface area contributed by atoms with Gasteiger partial charge < -0.3 is 10.1 Å². The van der Waals surface area contributed by atoms with E-state index in [0.29, 0.717) is 0 Å². The van der Waals surface area contributed by atoms with Crippen molar-refractivity contribution in [2.75, 3.05) is 20.3 Å². The van der Waals surface area contributed by atoms with Crippen molar-refractivity contribution in [2.45, 2.75) is 30.3 Å². The lowest BCUT2D eigenvalue weighted by atomic mass is 10.1. The lowest BCUT2D eigenvalue weighted by molar-refractivity contribution is 0.199. The molecular weight excluding hydrogens is 282 g/mol. The van der Waals surface area contributed by atoms with Crippen LogP contribution in [-0.4, -0.2) is 30.0 Å². The highest BCUT2D eigenvalue weighted by Gasteiger charge is 2.07. The Balaban J connectivity index is 2.00. The van der Waals surface area contributed by atoms with E-state index in [2.05, 4.69) is 41.6 Å². The molecule has 0 radical (unpaired) electrons. The summed E-state index contributed by atoms with van der Waals surface area (Å²) in [6.45, 7) is 6.67. The molecule has 2 aromatic rings. The molecule has 1 aromatic carbocycles. The van der Waals surface area contributed by atoms with Crippen LogP contribution in [0.3, 0.4) is 0 Å². The van der Waals surface area contributed by atoms with Gasteiger partial charge in [-0.25, -0.2) is 0 Å². The summed E-state index contributed by atoms with van der Waals surface area (Å²) in [5, 5.41) is 8.92. The second kappa shape index (κ2) is 7.64. The number of hydrogen-bond acceptors (Lipinski definition) is 4. The minimum absolute atomic E-state index is 0.743. The van der Waals surface area contributed by atoms with E-state index in [-0.39, 0.29) is 0 Å². The van der Waals surface area contributed by atoms with Gasteiger partial charge in [0.05, 0.1) is 17.3 Å². The van der Waals surface area contributed by atoms with Crippen molar-refractivity contribution in [3.63, 3.8) is 0 Å². The molecule has 0 saturated heterocycles. The van der Waals surface area contributed by atoms with Crippen LogP contribution in [0.5, 0.6) is 0 Å². The molecular formula is C16H23N3OS. The Labute approximate surface area is 130 Å². The van der Waals surface area contributed by atoms with Crippen LogP contribution in [0, 0.1) is 13.8 Å². The van der Waals surface area contributed by atoms with Crippen LogP contribution in [0.1, 0.15) is 16.8 Å². The molecule has 0 unspecified atom stereocenters. The van der Waals surface area contributed by atoms with Crippen molar-refractivity contribution >= 4 is 11.8 Å². The van der Waals surface area contributed by atoms with E-state index in [4.69, 9.17) is 4.74 Å². The first-order valence-corrected chi connectivity index (χ1v) is 7.89. The molecule has 0 spiro atoms. The van der Waals surface area contributed by atoms with Crippen LogP contribution in [0.15, 0.2) is 34.2 Å². The molecule has 0 aliphatic carbocycles. The Morgan fingerprint density at radius 3 is 2.71 bits per heavy atom. The minimum atomic E-state index is 0.743. The van der Waals surface area contributed by atoms with Gasteiger partial charge in [0.2, 0.25) is 0 Å². The van der Waals surface area contributed by atoms with E-state index < -0.39 is 0 Å². The fourth-order valence-corrected chi connectivity index (χ4v) is 3.12. The molecule has 5 heteroatoms. The Morgan fingerprint density at radius 2 is 2.10 bits per heavy atom. The number of nitrogens with one attached hydrogen (secondary N) is 1. The standard InChI is InChI=1S/C16H23N3OS/c1-12-9-14(11-17-7-8-20-4)5-6-15(12)21-16-10-13(2)18-19(16)3/h5-6,9-10,17H,7-8,11H2,1-4H3. The average Bonchev–Trinajstić information content (AvgIpc) is 2.76. The van der Waals surface area contributed by atoms with Gasteiger partial charge in [0.1, 0.15) is 0 Å².